The van der Waals surface area contributed by atoms with Crippen LogP contribution in [0, 0.1) is 0 Å². The van der Waals surface area contributed by atoms with Crippen molar-refractivity contribution in [3.63, 3.8) is 0 Å². The van der Waals surface area contributed by atoms with Gasteiger partial charge in [0.15, 0.2) is 0 Å². The summed E-state index contributed by atoms with van der Waals surface area (Å²) in [6.45, 7) is 7.37. The van der Waals surface area contributed by atoms with E-state index in [-0.39, 0.29) is 11.0 Å². The van der Waals surface area contributed by atoms with Crippen molar-refractivity contribution in [2.24, 2.45) is 0 Å². The third-order valence-corrected chi connectivity index (χ3v) is 8.62. The van der Waals surface area contributed by atoms with Crippen molar-refractivity contribution in [2.45, 2.75) is 49.5 Å². The van der Waals surface area contributed by atoms with E-state index < -0.39 is 10.0 Å². The zero-order chi connectivity index (χ0) is 21.9. The molecule has 162 valence electrons. The quantitative estimate of drug-likeness (QED) is 0.624. The Morgan fingerprint density at radius 3 is 2.26 bits per heavy atom. The maximum Gasteiger partial charge on any atom is 0.243 e. The average Bonchev–Trinajstić information content (AvgIpc) is 3.25. The molecular formula is C25H29N3O2S. The van der Waals surface area contributed by atoms with Gasteiger partial charge in [-0.15, -0.1) is 0 Å². The smallest absolute Gasteiger partial charge is 0.243 e. The van der Waals surface area contributed by atoms with Crippen LogP contribution in [0.3, 0.4) is 0 Å². The third kappa shape index (κ3) is 3.29. The van der Waals surface area contributed by atoms with Gasteiger partial charge in [-0.3, -0.25) is 0 Å². The topological polar surface area (TPSA) is 54.3 Å². The summed E-state index contributed by atoms with van der Waals surface area (Å²) in [7, 11) is -3.51. The Hall–Kier alpha value is -2.57. The Morgan fingerprint density at radius 2 is 1.58 bits per heavy atom. The molecule has 1 N–H and O–H groups in total. The predicted octanol–water partition coefficient (Wildman–Crippen LogP) is 4.88. The molecule has 0 saturated carbocycles. The highest BCUT2D eigenvalue weighted by Gasteiger charge is 2.43. The molecule has 0 bridgehead atoms. The molecule has 0 unspecified atom stereocenters. The van der Waals surface area contributed by atoms with Crippen LogP contribution < -0.4 is 5.32 Å². The number of para-hydroxylation sites is 2. The Morgan fingerprint density at radius 1 is 0.903 bits per heavy atom. The van der Waals surface area contributed by atoms with Crippen LogP contribution in [0.5, 0.6) is 0 Å². The first-order chi connectivity index (χ1) is 14.7. The first-order valence-corrected chi connectivity index (χ1v) is 12.3. The highest BCUT2D eigenvalue weighted by Crippen LogP contribution is 2.44. The summed E-state index contributed by atoms with van der Waals surface area (Å²) in [5.74, 6) is 0. The molecule has 3 heterocycles. The van der Waals surface area contributed by atoms with Gasteiger partial charge in [-0.2, -0.15) is 4.31 Å². The van der Waals surface area contributed by atoms with Crippen LogP contribution in [0.4, 0.5) is 5.69 Å². The summed E-state index contributed by atoms with van der Waals surface area (Å²) in [5, 5.41) is 3.75. The van der Waals surface area contributed by atoms with Crippen molar-refractivity contribution in [3.05, 3.63) is 78.1 Å². The molecule has 2 aliphatic rings. The minimum absolute atomic E-state index is 0.00233. The highest BCUT2D eigenvalue weighted by molar-refractivity contribution is 7.89. The lowest BCUT2D eigenvalue weighted by Crippen LogP contribution is -2.50. The summed E-state index contributed by atoms with van der Waals surface area (Å²) in [5.41, 5.74) is 4.33. The van der Waals surface area contributed by atoms with Gasteiger partial charge in [0, 0.05) is 25.0 Å². The number of piperidine rings is 1. The summed E-state index contributed by atoms with van der Waals surface area (Å²) in [6.07, 6.45) is 3.55. The fourth-order valence-corrected chi connectivity index (χ4v) is 6.30. The van der Waals surface area contributed by atoms with E-state index in [9.17, 15) is 8.42 Å². The zero-order valence-electron chi connectivity index (χ0n) is 18.3. The number of hydrogen-bond acceptors (Lipinski definition) is 3. The second-order valence-electron chi connectivity index (χ2n) is 9.67. The summed E-state index contributed by atoms with van der Waals surface area (Å²) < 4.78 is 30.5. The van der Waals surface area contributed by atoms with Crippen molar-refractivity contribution in [1.29, 1.82) is 0 Å². The van der Waals surface area contributed by atoms with Crippen molar-refractivity contribution >= 4 is 15.7 Å². The number of aromatic nitrogens is 1. The van der Waals surface area contributed by atoms with Crippen molar-refractivity contribution in [2.75, 3.05) is 18.4 Å². The molecule has 3 aromatic rings. The second kappa shape index (κ2) is 6.97. The molecule has 0 radical (unpaired) electrons. The van der Waals surface area contributed by atoms with Crippen molar-refractivity contribution in [3.8, 4) is 5.69 Å². The summed E-state index contributed by atoms with van der Waals surface area (Å²) in [4.78, 5) is 0.377. The molecule has 0 aliphatic carbocycles. The number of benzene rings is 2. The molecular weight excluding hydrogens is 406 g/mol. The third-order valence-electron chi connectivity index (χ3n) is 6.71. The normalized spacial score (nSPS) is 18.3. The number of nitrogens with one attached hydrogen (secondary N) is 1. The van der Waals surface area contributed by atoms with E-state index >= 15 is 0 Å². The van der Waals surface area contributed by atoms with E-state index in [2.05, 4.69) is 61.1 Å². The predicted molar refractivity (Wildman–Crippen MR) is 124 cm³/mol. The zero-order valence-corrected chi connectivity index (χ0v) is 19.1. The van der Waals surface area contributed by atoms with Gasteiger partial charge in [0.1, 0.15) is 0 Å². The molecule has 0 atom stereocenters. The van der Waals surface area contributed by atoms with Crippen LogP contribution in [0.15, 0.2) is 71.8 Å². The molecule has 2 aromatic carbocycles. The fourth-order valence-electron chi connectivity index (χ4n) is 4.86. The minimum Gasteiger partial charge on any atom is -0.372 e. The van der Waals surface area contributed by atoms with Crippen molar-refractivity contribution in [1.82, 2.24) is 8.87 Å². The lowest BCUT2D eigenvalue weighted by atomic mass is 9.83. The Balaban J connectivity index is 1.40. The summed E-state index contributed by atoms with van der Waals surface area (Å²) in [6, 6.07) is 19.9. The van der Waals surface area contributed by atoms with Gasteiger partial charge in [0.05, 0.1) is 21.8 Å². The first kappa shape index (κ1) is 20.3. The maximum absolute atomic E-state index is 13.3. The molecule has 31 heavy (non-hydrogen) atoms. The van der Waals surface area contributed by atoms with Gasteiger partial charge in [0.25, 0.3) is 0 Å². The molecule has 0 amide bonds. The van der Waals surface area contributed by atoms with Gasteiger partial charge in [-0.25, -0.2) is 8.42 Å². The number of hydrogen-bond donors (Lipinski definition) is 1. The van der Waals surface area contributed by atoms with Gasteiger partial charge < -0.3 is 9.88 Å². The average molecular weight is 436 g/mol. The SMILES string of the molecule is CC(C)(C)c1ccc(S(=O)(=O)N2CCC3(CC2)Nc2ccccc2-n2cccc23)cc1. The van der Waals surface area contributed by atoms with E-state index in [1.54, 1.807) is 16.4 Å². The lowest BCUT2D eigenvalue weighted by Gasteiger charge is -2.45. The fraction of sp³-hybridized carbons (Fsp3) is 0.360. The van der Waals surface area contributed by atoms with E-state index in [1.165, 1.54) is 5.69 Å². The number of sulfonamides is 1. The Labute approximate surface area is 184 Å². The highest BCUT2D eigenvalue weighted by atomic mass is 32.2. The van der Waals surface area contributed by atoms with Crippen molar-refractivity contribution < 1.29 is 8.42 Å². The Kier molecular flexibility index (Phi) is 4.57. The number of anilines is 1. The van der Waals surface area contributed by atoms with E-state index in [0.29, 0.717) is 18.0 Å². The van der Waals surface area contributed by atoms with Gasteiger partial charge in [0.2, 0.25) is 10.0 Å². The molecule has 2 aliphatic heterocycles. The van der Waals surface area contributed by atoms with Crippen LogP contribution in [0.1, 0.15) is 44.9 Å². The maximum atomic E-state index is 13.3. The van der Waals surface area contributed by atoms with E-state index in [1.807, 2.05) is 24.3 Å². The van der Waals surface area contributed by atoms with Gasteiger partial charge >= 0.3 is 0 Å². The van der Waals surface area contributed by atoms with Crippen LogP contribution in [-0.4, -0.2) is 30.4 Å². The number of fused-ring (bicyclic) bond motifs is 4. The number of nitrogens with zero attached hydrogens (tertiary/aromatic N) is 2. The first-order valence-electron chi connectivity index (χ1n) is 10.9. The Bertz CT molecular complexity index is 1210. The van der Waals surface area contributed by atoms with Crippen LogP contribution in [-0.2, 0) is 21.0 Å². The number of rotatable bonds is 2. The summed E-state index contributed by atoms with van der Waals surface area (Å²) >= 11 is 0. The molecule has 1 fully saturated rings. The van der Waals surface area contributed by atoms with Crippen LogP contribution in [0.25, 0.3) is 5.69 Å². The molecule has 6 heteroatoms. The lowest BCUT2D eigenvalue weighted by molar-refractivity contribution is 0.247. The van der Waals surface area contributed by atoms with Crippen LogP contribution in [0.2, 0.25) is 0 Å². The molecule has 1 aromatic heterocycles. The van der Waals surface area contributed by atoms with Crippen LogP contribution >= 0.6 is 0 Å². The molecule has 5 nitrogen and oxygen atoms in total. The van der Waals surface area contributed by atoms with E-state index in [4.69, 9.17) is 0 Å². The molecule has 1 spiro atoms. The largest absolute Gasteiger partial charge is 0.372 e. The molecule has 1 saturated heterocycles. The van der Waals surface area contributed by atoms with Gasteiger partial charge in [-0.05, 0) is 60.2 Å². The molecule has 5 rings (SSSR count). The second-order valence-corrected chi connectivity index (χ2v) is 11.6. The van der Waals surface area contributed by atoms with Gasteiger partial charge in [-0.1, -0.05) is 45.0 Å². The minimum atomic E-state index is -3.51. The standard InChI is InChI=1S/C25H29N3O2S/c1-24(2,3)19-10-12-20(13-11-19)31(29,30)27-17-14-25(15-18-27)23-9-6-16-28(23)22-8-5-4-7-21(22)26-25/h4-13,16,26H,14-15,17-18H2,1-3H3. The van der Waals surface area contributed by atoms with E-state index in [0.717, 1.165) is 29.8 Å². The monoisotopic (exact) mass is 435 g/mol.